The molecule has 0 aliphatic heterocycles. The highest BCUT2D eigenvalue weighted by Gasteiger charge is 2.36. The standard InChI is InChI=1S/C17H20F2N4O2.ClH/c1-10(24)21-14(12-5-4-11(18)8-13(12)19)9-15-22-16(23-25-15)17(20)6-2-3-7-17;/h4-5,8,14H,2-3,6-7,9,20H2,1H3,(H,21,24);1H. The normalized spacial score (nSPS) is 16.8. The molecule has 2 aromatic rings. The summed E-state index contributed by atoms with van der Waals surface area (Å²) in [5.41, 5.74) is 5.86. The third-order valence-electron chi connectivity index (χ3n) is 4.50. The number of nitrogens with zero attached hydrogens (tertiary/aromatic N) is 2. The van der Waals surface area contributed by atoms with Gasteiger partial charge in [-0.3, -0.25) is 4.79 Å². The third kappa shape index (κ3) is 4.37. The van der Waals surface area contributed by atoms with Crippen molar-refractivity contribution >= 4 is 18.3 Å². The Bertz CT molecular complexity index is 778. The van der Waals surface area contributed by atoms with Crippen LogP contribution < -0.4 is 11.1 Å². The molecule has 1 saturated carbocycles. The Kier molecular flexibility index (Phi) is 6.30. The van der Waals surface area contributed by atoms with Crippen LogP contribution in [0, 0.1) is 11.6 Å². The number of amides is 1. The number of nitrogens with two attached hydrogens (primary N) is 1. The van der Waals surface area contributed by atoms with Gasteiger partial charge in [-0.25, -0.2) is 8.78 Å². The number of benzene rings is 1. The molecule has 1 aliphatic carbocycles. The lowest BCUT2D eigenvalue weighted by Gasteiger charge is -2.18. The molecule has 1 aliphatic rings. The number of hydrogen-bond donors (Lipinski definition) is 2. The smallest absolute Gasteiger partial charge is 0.229 e. The Morgan fingerprint density at radius 3 is 2.69 bits per heavy atom. The Morgan fingerprint density at radius 1 is 1.38 bits per heavy atom. The van der Waals surface area contributed by atoms with E-state index in [0.717, 1.165) is 37.8 Å². The molecule has 9 heteroatoms. The summed E-state index contributed by atoms with van der Waals surface area (Å²) in [5, 5.41) is 6.59. The van der Waals surface area contributed by atoms with Crippen molar-refractivity contribution in [1.82, 2.24) is 15.5 Å². The van der Waals surface area contributed by atoms with Gasteiger partial charge in [0, 0.05) is 18.6 Å². The number of nitrogens with one attached hydrogen (secondary N) is 1. The Morgan fingerprint density at radius 2 is 2.08 bits per heavy atom. The van der Waals surface area contributed by atoms with Crippen LogP contribution in [0.5, 0.6) is 0 Å². The van der Waals surface area contributed by atoms with E-state index < -0.39 is 23.2 Å². The van der Waals surface area contributed by atoms with Gasteiger partial charge < -0.3 is 15.6 Å². The molecule has 1 unspecified atom stereocenters. The second kappa shape index (κ2) is 8.09. The first-order chi connectivity index (χ1) is 11.9. The molecule has 0 bridgehead atoms. The number of hydrogen-bond acceptors (Lipinski definition) is 5. The fourth-order valence-corrected chi connectivity index (χ4v) is 3.21. The highest BCUT2D eigenvalue weighted by Crippen LogP contribution is 2.34. The second-order valence-electron chi connectivity index (χ2n) is 6.50. The Hall–Kier alpha value is -2.06. The second-order valence-corrected chi connectivity index (χ2v) is 6.50. The SMILES string of the molecule is CC(=O)NC(Cc1nc(C2(N)CCCC2)no1)c1ccc(F)cc1F.Cl. The molecule has 0 saturated heterocycles. The van der Waals surface area contributed by atoms with Gasteiger partial charge in [0.05, 0.1) is 18.0 Å². The summed E-state index contributed by atoms with van der Waals surface area (Å²) in [6, 6.07) is 2.46. The van der Waals surface area contributed by atoms with Gasteiger partial charge in [0.15, 0.2) is 5.82 Å². The summed E-state index contributed by atoms with van der Waals surface area (Å²) in [7, 11) is 0. The summed E-state index contributed by atoms with van der Waals surface area (Å²) >= 11 is 0. The zero-order valence-electron chi connectivity index (χ0n) is 14.3. The van der Waals surface area contributed by atoms with E-state index >= 15 is 0 Å². The summed E-state index contributed by atoms with van der Waals surface area (Å²) in [6.45, 7) is 1.32. The quantitative estimate of drug-likeness (QED) is 0.824. The first-order valence-corrected chi connectivity index (χ1v) is 8.21. The van der Waals surface area contributed by atoms with Gasteiger partial charge in [-0.1, -0.05) is 24.1 Å². The number of halogens is 3. The van der Waals surface area contributed by atoms with E-state index in [0.29, 0.717) is 5.82 Å². The molecule has 142 valence electrons. The summed E-state index contributed by atoms with van der Waals surface area (Å²) < 4.78 is 32.5. The van der Waals surface area contributed by atoms with Crippen LogP contribution in [0.2, 0.25) is 0 Å². The average Bonchev–Trinajstić information content (AvgIpc) is 3.16. The van der Waals surface area contributed by atoms with Crippen molar-refractivity contribution in [3.63, 3.8) is 0 Å². The van der Waals surface area contributed by atoms with Crippen LogP contribution in [0.3, 0.4) is 0 Å². The first-order valence-electron chi connectivity index (χ1n) is 8.21. The van der Waals surface area contributed by atoms with Crippen molar-refractivity contribution in [2.24, 2.45) is 5.73 Å². The Labute approximate surface area is 155 Å². The molecule has 6 nitrogen and oxygen atoms in total. The Balaban J connectivity index is 0.00000243. The monoisotopic (exact) mass is 386 g/mol. The molecule has 0 spiro atoms. The van der Waals surface area contributed by atoms with E-state index in [9.17, 15) is 13.6 Å². The van der Waals surface area contributed by atoms with Gasteiger partial charge in [0.1, 0.15) is 11.6 Å². The minimum absolute atomic E-state index is 0. The predicted octanol–water partition coefficient (Wildman–Crippen LogP) is 2.92. The fourth-order valence-electron chi connectivity index (χ4n) is 3.21. The summed E-state index contributed by atoms with van der Waals surface area (Å²) in [5.74, 6) is -1.10. The molecule has 1 heterocycles. The average molecular weight is 387 g/mol. The lowest BCUT2D eigenvalue weighted by molar-refractivity contribution is -0.119. The molecule has 1 atom stereocenters. The van der Waals surface area contributed by atoms with Gasteiger partial charge in [-0.15, -0.1) is 12.4 Å². The summed E-state index contributed by atoms with van der Waals surface area (Å²) in [6.07, 6.45) is 3.68. The maximum atomic E-state index is 14.1. The van der Waals surface area contributed by atoms with Crippen LogP contribution in [0.4, 0.5) is 8.78 Å². The zero-order chi connectivity index (χ0) is 18.0. The van der Waals surface area contributed by atoms with Crippen molar-refractivity contribution < 1.29 is 18.1 Å². The molecular weight excluding hydrogens is 366 g/mol. The topological polar surface area (TPSA) is 94.0 Å². The lowest BCUT2D eigenvalue weighted by Crippen LogP contribution is -2.34. The molecule has 3 N–H and O–H groups in total. The van der Waals surface area contributed by atoms with Gasteiger partial charge in [0.2, 0.25) is 11.8 Å². The lowest BCUT2D eigenvalue weighted by atomic mass is 9.98. The predicted molar refractivity (Wildman–Crippen MR) is 92.5 cm³/mol. The summed E-state index contributed by atoms with van der Waals surface area (Å²) in [4.78, 5) is 15.8. The number of carbonyl (C=O) groups excluding carboxylic acids is 1. The van der Waals surface area contributed by atoms with Gasteiger partial charge in [-0.05, 0) is 18.9 Å². The van der Waals surface area contributed by atoms with Crippen LogP contribution in [0.15, 0.2) is 22.7 Å². The van der Waals surface area contributed by atoms with Crippen LogP contribution >= 0.6 is 12.4 Å². The van der Waals surface area contributed by atoms with E-state index in [1.54, 1.807) is 0 Å². The van der Waals surface area contributed by atoms with Crippen molar-refractivity contribution in [3.8, 4) is 0 Å². The number of rotatable bonds is 5. The third-order valence-corrected chi connectivity index (χ3v) is 4.50. The zero-order valence-corrected chi connectivity index (χ0v) is 15.1. The van der Waals surface area contributed by atoms with Crippen molar-refractivity contribution in [1.29, 1.82) is 0 Å². The van der Waals surface area contributed by atoms with Crippen LogP contribution in [0.1, 0.15) is 55.9 Å². The van der Waals surface area contributed by atoms with Gasteiger partial charge in [-0.2, -0.15) is 4.98 Å². The highest BCUT2D eigenvalue weighted by molar-refractivity contribution is 5.85. The van der Waals surface area contributed by atoms with Crippen molar-refractivity contribution in [3.05, 3.63) is 47.1 Å². The largest absolute Gasteiger partial charge is 0.349 e. The van der Waals surface area contributed by atoms with E-state index in [1.807, 2.05) is 0 Å². The van der Waals surface area contributed by atoms with E-state index in [2.05, 4.69) is 15.5 Å². The maximum Gasteiger partial charge on any atom is 0.229 e. The van der Waals surface area contributed by atoms with Crippen LogP contribution in [-0.4, -0.2) is 16.0 Å². The van der Waals surface area contributed by atoms with Gasteiger partial charge >= 0.3 is 0 Å². The molecule has 1 amide bonds. The molecule has 1 aromatic carbocycles. The van der Waals surface area contributed by atoms with Gasteiger partial charge in [0.25, 0.3) is 0 Å². The fraction of sp³-hybridized carbons (Fsp3) is 0.471. The van der Waals surface area contributed by atoms with E-state index in [1.165, 1.54) is 13.0 Å². The minimum Gasteiger partial charge on any atom is -0.349 e. The minimum atomic E-state index is -0.747. The van der Waals surface area contributed by atoms with Crippen LogP contribution in [0.25, 0.3) is 0 Å². The highest BCUT2D eigenvalue weighted by atomic mass is 35.5. The number of aromatic nitrogens is 2. The first kappa shape index (κ1) is 20.3. The maximum absolute atomic E-state index is 14.1. The van der Waals surface area contributed by atoms with Crippen molar-refractivity contribution in [2.75, 3.05) is 0 Å². The van der Waals surface area contributed by atoms with Crippen LogP contribution in [-0.2, 0) is 16.8 Å². The molecule has 1 aromatic heterocycles. The molecule has 3 rings (SSSR count). The number of carbonyl (C=O) groups is 1. The van der Waals surface area contributed by atoms with Crippen molar-refractivity contribution in [2.45, 2.75) is 50.6 Å². The molecule has 1 fully saturated rings. The van der Waals surface area contributed by atoms with E-state index in [4.69, 9.17) is 10.3 Å². The molecule has 0 radical (unpaired) electrons. The molecular formula is C17H21ClF2N4O2. The van der Waals surface area contributed by atoms with E-state index in [-0.39, 0.29) is 36.2 Å². The molecule has 26 heavy (non-hydrogen) atoms.